The quantitative estimate of drug-likeness (QED) is 0.848. The van der Waals surface area contributed by atoms with Crippen LogP contribution in [0.2, 0.25) is 0 Å². The van der Waals surface area contributed by atoms with Crippen LogP contribution in [0.25, 0.3) is 0 Å². The number of primary amides is 1. The molecule has 5 nitrogen and oxygen atoms in total. The van der Waals surface area contributed by atoms with Gasteiger partial charge in [-0.2, -0.15) is 0 Å². The maximum atomic E-state index is 13.4. The van der Waals surface area contributed by atoms with Crippen LogP contribution in [-0.2, 0) is 0 Å². The van der Waals surface area contributed by atoms with Crippen molar-refractivity contribution in [3.05, 3.63) is 71.6 Å². The van der Waals surface area contributed by atoms with Crippen LogP contribution in [-0.4, -0.2) is 24.9 Å². The molecule has 0 bridgehead atoms. The Kier molecular flexibility index (Phi) is 4.29. The van der Waals surface area contributed by atoms with Gasteiger partial charge in [-0.25, -0.2) is 4.39 Å². The Bertz CT molecular complexity index is 808. The first-order chi connectivity index (χ1) is 11.5. The number of amides is 2. The molecule has 6 heteroatoms. The van der Waals surface area contributed by atoms with Gasteiger partial charge in [0.25, 0.3) is 11.8 Å². The normalized spacial score (nSPS) is 13.1. The smallest absolute Gasteiger partial charge is 0.255 e. The van der Waals surface area contributed by atoms with Gasteiger partial charge in [0.05, 0.1) is 5.56 Å². The number of nitrogens with one attached hydrogen (secondary N) is 1. The molecule has 122 valence electrons. The predicted octanol–water partition coefficient (Wildman–Crippen LogP) is 2.55. The number of carbonyl (C=O) groups excluding carboxylic acids is 2. The SMILES string of the molecule is NC(=O)c1cc(NC(=O)c2ccc(N3CC=CC3)cc2)ccc1F. The van der Waals surface area contributed by atoms with Crippen LogP contribution in [0.3, 0.4) is 0 Å². The van der Waals surface area contributed by atoms with Gasteiger partial charge in [0.2, 0.25) is 0 Å². The van der Waals surface area contributed by atoms with E-state index in [0.717, 1.165) is 24.8 Å². The van der Waals surface area contributed by atoms with Gasteiger partial charge < -0.3 is 16.0 Å². The zero-order valence-electron chi connectivity index (χ0n) is 12.8. The average Bonchev–Trinajstić information content (AvgIpc) is 3.11. The number of hydrogen-bond acceptors (Lipinski definition) is 3. The maximum absolute atomic E-state index is 13.4. The van der Waals surface area contributed by atoms with Gasteiger partial charge in [0.15, 0.2) is 0 Å². The van der Waals surface area contributed by atoms with Crippen LogP contribution in [0.5, 0.6) is 0 Å². The Labute approximate surface area is 138 Å². The molecule has 0 aliphatic carbocycles. The molecule has 2 amide bonds. The van der Waals surface area contributed by atoms with Gasteiger partial charge in [-0.05, 0) is 42.5 Å². The number of anilines is 2. The summed E-state index contributed by atoms with van der Waals surface area (Å²) in [6, 6.07) is 10.9. The third-order valence-electron chi connectivity index (χ3n) is 3.80. The molecule has 3 rings (SSSR count). The lowest BCUT2D eigenvalue weighted by molar-refractivity contribution is 0.0992. The lowest BCUT2D eigenvalue weighted by atomic mass is 10.1. The van der Waals surface area contributed by atoms with Crippen molar-refractivity contribution in [1.29, 1.82) is 0 Å². The van der Waals surface area contributed by atoms with Crippen molar-refractivity contribution in [1.82, 2.24) is 0 Å². The predicted molar refractivity (Wildman–Crippen MR) is 90.7 cm³/mol. The summed E-state index contributed by atoms with van der Waals surface area (Å²) in [6.45, 7) is 1.72. The lowest BCUT2D eigenvalue weighted by Crippen LogP contribution is -2.19. The zero-order chi connectivity index (χ0) is 17.1. The summed E-state index contributed by atoms with van der Waals surface area (Å²) in [7, 11) is 0. The molecule has 2 aromatic rings. The van der Waals surface area contributed by atoms with Crippen molar-refractivity contribution in [2.24, 2.45) is 5.73 Å². The van der Waals surface area contributed by atoms with E-state index in [1.165, 1.54) is 12.1 Å². The molecule has 1 aliphatic rings. The van der Waals surface area contributed by atoms with Crippen molar-refractivity contribution in [2.75, 3.05) is 23.3 Å². The van der Waals surface area contributed by atoms with Crippen LogP contribution >= 0.6 is 0 Å². The minimum atomic E-state index is -0.882. The molecule has 0 fully saturated rings. The summed E-state index contributed by atoms with van der Waals surface area (Å²) in [4.78, 5) is 25.6. The second-order valence-corrected chi connectivity index (χ2v) is 5.44. The topological polar surface area (TPSA) is 75.4 Å². The molecule has 0 atom stereocenters. The van der Waals surface area contributed by atoms with Gasteiger partial charge in [0.1, 0.15) is 5.82 Å². The van der Waals surface area contributed by atoms with E-state index < -0.39 is 11.7 Å². The van der Waals surface area contributed by atoms with Crippen LogP contribution in [0.1, 0.15) is 20.7 Å². The summed E-state index contributed by atoms with van der Waals surface area (Å²) in [5.41, 5.74) is 6.65. The highest BCUT2D eigenvalue weighted by Gasteiger charge is 2.13. The number of hydrogen-bond donors (Lipinski definition) is 2. The molecule has 0 radical (unpaired) electrons. The van der Waals surface area contributed by atoms with Gasteiger partial charge in [-0.15, -0.1) is 0 Å². The Morgan fingerprint density at radius 1 is 1.04 bits per heavy atom. The largest absolute Gasteiger partial charge is 0.366 e. The van der Waals surface area contributed by atoms with E-state index in [1.54, 1.807) is 12.1 Å². The molecule has 3 N–H and O–H groups in total. The maximum Gasteiger partial charge on any atom is 0.255 e. The molecule has 2 aromatic carbocycles. The van der Waals surface area contributed by atoms with Crippen molar-refractivity contribution in [3.63, 3.8) is 0 Å². The molecule has 1 aliphatic heterocycles. The molecule has 0 spiro atoms. The Hall–Kier alpha value is -3.15. The van der Waals surface area contributed by atoms with E-state index in [-0.39, 0.29) is 11.5 Å². The van der Waals surface area contributed by atoms with E-state index in [0.29, 0.717) is 11.3 Å². The molecule has 0 saturated carbocycles. The summed E-state index contributed by atoms with van der Waals surface area (Å²) in [5.74, 6) is -1.95. The Balaban J connectivity index is 1.73. The standard InChI is InChI=1S/C18H16FN3O2/c19-16-8-5-13(11-15(16)17(20)23)21-18(24)12-3-6-14(7-4-12)22-9-1-2-10-22/h1-8,11H,9-10H2,(H2,20,23)(H,21,24). The molecule has 0 aromatic heterocycles. The van der Waals surface area contributed by atoms with Gasteiger partial charge in [-0.3, -0.25) is 9.59 Å². The number of nitrogens with zero attached hydrogens (tertiary/aromatic N) is 1. The molecular weight excluding hydrogens is 309 g/mol. The molecule has 0 unspecified atom stereocenters. The number of nitrogens with two attached hydrogens (primary N) is 1. The van der Waals surface area contributed by atoms with Gasteiger partial charge >= 0.3 is 0 Å². The molecule has 1 heterocycles. The number of benzene rings is 2. The van der Waals surface area contributed by atoms with Crippen LogP contribution < -0.4 is 16.0 Å². The second kappa shape index (κ2) is 6.54. The summed E-state index contributed by atoms with van der Waals surface area (Å²) in [6.07, 6.45) is 4.18. The van der Waals surface area contributed by atoms with Crippen molar-refractivity contribution < 1.29 is 14.0 Å². The van der Waals surface area contributed by atoms with Crippen LogP contribution in [0.4, 0.5) is 15.8 Å². The zero-order valence-corrected chi connectivity index (χ0v) is 12.8. The monoisotopic (exact) mass is 325 g/mol. The fourth-order valence-corrected chi connectivity index (χ4v) is 2.51. The van der Waals surface area contributed by atoms with Crippen molar-refractivity contribution in [2.45, 2.75) is 0 Å². The average molecular weight is 325 g/mol. The fourth-order valence-electron chi connectivity index (χ4n) is 2.51. The van der Waals surface area contributed by atoms with Crippen molar-refractivity contribution in [3.8, 4) is 0 Å². The fraction of sp³-hybridized carbons (Fsp3) is 0.111. The molecule has 0 saturated heterocycles. The van der Waals surface area contributed by atoms with E-state index in [2.05, 4.69) is 22.4 Å². The minimum absolute atomic E-state index is 0.260. The van der Waals surface area contributed by atoms with Gasteiger partial charge in [0, 0.05) is 30.0 Å². The first-order valence-corrected chi connectivity index (χ1v) is 7.45. The van der Waals surface area contributed by atoms with Crippen LogP contribution in [0.15, 0.2) is 54.6 Å². The summed E-state index contributed by atoms with van der Waals surface area (Å²) >= 11 is 0. The third kappa shape index (κ3) is 3.27. The number of rotatable bonds is 4. The summed E-state index contributed by atoms with van der Waals surface area (Å²) < 4.78 is 13.4. The van der Waals surface area contributed by atoms with E-state index in [4.69, 9.17) is 5.73 Å². The minimum Gasteiger partial charge on any atom is -0.366 e. The third-order valence-corrected chi connectivity index (χ3v) is 3.80. The molecule has 24 heavy (non-hydrogen) atoms. The molecular formula is C18H16FN3O2. The van der Waals surface area contributed by atoms with E-state index >= 15 is 0 Å². The first kappa shape index (κ1) is 15.7. The highest BCUT2D eigenvalue weighted by molar-refractivity contribution is 6.05. The summed E-state index contributed by atoms with van der Waals surface area (Å²) in [5, 5.41) is 2.63. The number of halogens is 1. The Morgan fingerprint density at radius 3 is 2.33 bits per heavy atom. The second-order valence-electron chi connectivity index (χ2n) is 5.44. The van der Waals surface area contributed by atoms with Crippen molar-refractivity contribution >= 4 is 23.2 Å². The Morgan fingerprint density at radius 2 is 1.71 bits per heavy atom. The lowest BCUT2D eigenvalue weighted by Gasteiger charge is -2.17. The highest BCUT2D eigenvalue weighted by Crippen LogP contribution is 2.19. The highest BCUT2D eigenvalue weighted by atomic mass is 19.1. The van der Waals surface area contributed by atoms with Crippen LogP contribution in [0, 0.1) is 5.82 Å². The van der Waals surface area contributed by atoms with E-state index in [9.17, 15) is 14.0 Å². The van der Waals surface area contributed by atoms with E-state index in [1.807, 2.05) is 12.1 Å². The first-order valence-electron chi connectivity index (χ1n) is 7.45. The van der Waals surface area contributed by atoms with Gasteiger partial charge in [-0.1, -0.05) is 12.2 Å². The number of carbonyl (C=O) groups is 2.